The number of methoxy groups -OCH3 is 1. The second-order valence-corrected chi connectivity index (χ2v) is 11.7. The van der Waals surface area contributed by atoms with Gasteiger partial charge in [-0.1, -0.05) is 6.07 Å². The van der Waals surface area contributed by atoms with Crippen LogP contribution >= 0.6 is 0 Å². The van der Waals surface area contributed by atoms with Gasteiger partial charge in [0, 0.05) is 39.4 Å². The Balaban J connectivity index is 1.50. The minimum atomic E-state index is -0.962. The molecule has 2 heterocycles. The predicted molar refractivity (Wildman–Crippen MR) is 141 cm³/mol. The molecule has 1 saturated carbocycles. The summed E-state index contributed by atoms with van der Waals surface area (Å²) in [6.45, 7) is 11.3. The highest BCUT2D eigenvalue weighted by Gasteiger charge is 2.42. The fourth-order valence-corrected chi connectivity index (χ4v) is 4.75. The smallest absolute Gasteiger partial charge is 0.410 e. The molecule has 0 spiro atoms. The van der Waals surface area contributed by atoms with Crippen molar-refractivity contribution in [1.82, 2.24) is 9.80 Å². The Labute approximate surface area is 225 Å². The third kappa shape index (κ3) is 6.58. The lowest BCUT2D eigenvalue weighted by atomic mass is 10.0. The van der Waals surface area contributed by atoms with Crippen LogP contribution in [-0.2, 0) is 30.3 Å². The van der Waals surface area contributed by atoms with Gasteiger partial charge in [0.25, 0.3) is 11.8 Å². The minimum Gasteiger partial charge on any atom is -0.476 e. The van der Waals surface area contributed by atoms with E-state index in [4.69, 9.17) is 18.9 Å². The summed E-state index contributed by atoms with van der Waals surface area (Å²) in [5.41, 5.74) is 0.0301. The van der Waals surface area contributed by atoms with Gasteiger partial charge in [-0.25, -0.2) is 4.79 Å². The van der Waals surface area contributed by atoms with E-state index in [0.717, 1.165) is 18.4 Å². The van der Waals surface area contributed by atoms with E-state index in [2.05, 4.69) is 0 Å². The van der Waals surface area contributed by atoms with Crippen LogP contribution in [0.1, 0.15) is 59.4 Å². The monoisotopic (exact) mass is 531 g/mol. The molecule has 2 aliphatic heterocycles. The number of rotatable bonds is 8. The molecule has 3 amide bonds. The molecule has 210 valence electrons. The van der Waals surface area contributed by atoms with Crippen molar-refractivity contribution in [3.63, 3.8) is 0 Å². The highest BCUT2D eigenvalue weighted by molar-refractivity contribution is 6.02. The first-order chi connectivity index (χ1) is 17.9. The highest BCUT2D eigenvalue weighted by atomic mass is 16.6. The van der Waals surface area contributed by atoms with Gasteiger partial charge in [0.15, 0.2) is 11.7 Å². The van der Waals surface area contributed by atoms with Crippen molar-refractivity contribution in [3.8, 4) is 5.75 Å². The fraction of sp³-hybridized carbons (Fsp3) is 0.679. The first kappa shape index (κ1) is 28.2. The fourth-order valence-electron chi connectivity index (χ4n) is 4.75. The van der Waals surface area contributed by atoms with E-state index in [1.807, 2.05) is 43.9 Å². The predicted octanol–water partition coefficient (Wildman–Crippen LogP) is 3.35. The van der Waals surface area contributed by atoms with Crippen molar-refractivity contribution in [2.24, 2.45) is 0 Å². The van der Waals surface area contributed by atoms with E-state index in [9.17, 15) is 14.4 Å². The molecule has 2 fully saturated rings. The molecule has 0 aromatic heterocycles. The lowest BCUT2D eigenvalue weighted by molar-refractivity contribution is -0.150. The Morgan fingerprint density at radius 2 is 1.95 bits per heavy atom. The van der Waals surface area contributed by atoms with Gasteiger partial charge in [-0.05, 0) is 71.6 Å². The molecule has 1 aromatic rings. The zero-order chi connectivity index (χ0) is 27.7. The van der Waals surface area contributed by atoms with E-state index in [1.54, 1.807) is 30.8 Å². The highest BCUT2D eigenvalue weighted by Crippen LogP contribution is 2.39. The lowest BCUT2D eigenvalue weighted by Crippen LogP contribution is -2.53. The van der Waals surface area contributed by atoms with Gasteiger partial charge in [-0.3, -0.25) is 9.59 Å². The molecule has 0 bridgehead atoms. The van der Waals surface area contributed by atoms with Crippen LogP contribution in [0.4, 0.5) is 10.5 Å². The maximum absolute atomic E-state index is 13.6. The Bertz CT molecular complexity index is 1050. The Morgan fingerprint density at radius 3 is 2.61 bits per heavy atom. The molecule has 38 heavy (non-hydrogen) atoms. The minimum absolute atomic E-state index is 0.105. The number of ether oxygens (including phenoxy) is 4. The van der Waals surface area contributed by atoms with Crippen molar-refractivity contribution < 1.29 is 33.3 Å². The Hall–Kier alpha value is -2.85. The van der Waals surface area contributed by atoms with Crippen LogP contribution in [0.15, 0.2) is 18.2 Å². The summed E-state index contributed by atoms with van der Waals surface area (Å²) in [6, 6.07) is 5.88. The number of anilines is 1. The lowest BCUT2D eigenvalue weighted by Gasteiger charge is -2.39. The van der Waals surface area contributed by atoms with E-state index >= 15 is 0 Å². The third-order valence-electron chi connectivity index (χ3n) is 6.79. The number of fused-ring (bicyclic) bond motifs is 1. The van der Waals surface area contributed by atoms with Crippen LogP contribution in [0.3, 0.4) is 0 Å². The summed E-state index contributed by atoms with van der Waals surface area (Å²) in [4.78, 5) is 44.5. The van der Waals surface area contributed by atoms with Crippen LogP contribution in [-0.4, -0.2) is 91.0 Å². The normalized spacial score (nSPS) is 21.0. The zero-order valence-corrected chi connectivity index (χ0v) is 23.5. The summed E-state index contributed by atoms with van der Waals surface area (Å²) in [5, 5.41) is 0. The number of amides is 3. The molecule has 10 heteroatoms. The number of carbonyl (C=O) groups is 3. The number of carbonyl (C=O) groups excluding carboxylic acids is 3. The van der Waals surface area contributed by atoms with E-state index in [1.165, 1.54) is 0 Å². The third-order valence-corrected chi connectivity index (χ3v) is 6.79. The molecule has 0 radical (unpaired) electrons. The summed E-state index contributed by atoms with van der Waals surface area (Å²) in [5.74, 6) is 0.402. The van der Waals surface area contributed by atoms with Gasteiger partial charge in [0.2, 0.25) is 0 Å². The number of nitrogens with zero attached hydrogens (tertiary/aromatic N) is 3. The summed E-state index contributed by atoms with van der Waals surface area (Å²) in [7, 11) is 1.64. The molecular formula is C28H41N3O7. The van der Waals surface area contributed by atoms with Crippen LogP contribution in [0.25, 0.3) is 0 Å². The van der Waals surface area contributed by atoms with Gasteiger partial charge in [-0.2, -0.15) is 0 Å². The van der Waals surface area contributed by atoms with Crippen LogP contribution in [0.2, 0.25) is 0 Å². The Kier molecular flexibility index (Phi) is 8.23. The standard InChI is InChI=1S/C28H41N3O7/c1-27(2,3)38-26(34)29-13-15-36-23(18-29)24(32)31(20-9-10-20)17-19-8-11-22-21(16-19)30(12-7-14-35-6)25(33)28(4,5)37-22/h8,11,16,20,23H,7,9-10,12-15,17-18H2,1-6H3/t23-/m1/s1. The zero-order valence-electron chi connectivity index (χ0n) is 23.5. The van der Waals surface area contributed by atoms with Crippen molar-refractivity contribution in [3.05, 3.63) is 23.8 Å². The number of morpholine rings is 1. The first-order valence-corrected chi connectivity index (χ1v) is 13.4. The van der Waals surface area contributed by atoms with Gasteiger partial charge in [0.1, 0.15) is 11.4 Å². The van der Waals surface area contributed by atoms with Gasteiger partial charge in [0.05, 0.1) is 18.8 Å². The molecule has 0 unspecified atom stereocenters. The summed E-state index contributed by atoms with van der Waals surface area (Å²) < 4.78 is 22.5. The molecule has 3 aliphatic rings. The topological polar surface area (TPSA) is 97.9 Å². The maximum atomic E-state index is 13.6. The maximum Gasteiger partial charge on any atom is 0.410 e. The second-order valence-electron chi connectivity index (χ2n) is 11.7. The van der Waals surface area contributed by atoms with Gasteiger partial charge < -0.3 is 33.6 Å². The molecule has 1 atom stereocenters. The van der Waals surface area contributed by atoms with Gasteiger partial charge >= 0.3 is 6.09 Å². The largest absolute Gasteiger partial charge is 0.476 e. The molecule has 1 saturated heterocycles. The SMILES string of the molecule is COCCCN1C(=O)C(C)(C)Oc2ccc(CN(C(=O)[C@H]3CN(C(=O)OC(C)(C)C)CCO3)C3CC3)cc21. The number of benzene rings is 1. The summed E-state index contributed by atoms with van der Waals surface area (Å²) in [6.07, 6.45) is 1.37. The van der Waals surface area contributed by atoms with Crippen molar-refractivity contribution in [2.75, 3.05) is 44.9 Å². The van der Waals surface area contributed by atoms with Crippen molar-refractivity contribution >= 4 is 23.6 Å². The number of hydrogen-bond acceptors (Lipinski definition) is 7. The summed E-state index contributed by atoms with van der Waals surface area (Å²) >= 11 is 0. The van der Waals surface area contributed by atoms with E-state index in [0.29, 0.717) is 44.1 Å². The van der Waals surface area contributed by atoms with Crippen molar-refractivity contribution in [1.29, 1.82) is 0 Å². The molecule has 0 N–H and O–H groups in total. The molecule has 1 aliphatic carbocycles. The quantitative estimate of drug-likeness (QED) is 0.475. The first-order valence-electron chi connectivity index (χ1n) is 13.4. The van der Waals surface area contributed by atoms with Crippen molar-refractivity contribution in [2.45, 2.75) is 83.8 Å². The molecule has 1 aromatic carbocycles. The molecular weight excluding hydrogens is 490 g/mol. The second kappa shape index (κ2) is 11.1. The van der Waals surface area contributed by atoms with Crippen LogP contribution < -0.4 is 9.64 Å². The average Bonchev–Trinajstić information content (AvgIpc) is 3.69. The Morgan fingerprint density at radius 1 is 1.21 bits per heavy atom. The average molecular weight is 532 g/mol. The van der Waals surface area contributed by atoms with Crippen LogP contribution in [0.5, 0.6) is 5.75 Å². The molecule has 10 nitrogen and oxygen atoms in total. The van der Waals surface area contributed by atoms with Crippen LogP contribution in [0, 0.1) is 0 Å². The number of hydrogen-bond donors (Lipinski definition) is 0. The van der Waals surface area contributed by atoms with E-state index < -0.39 is 23.4 Å². The van der Waals surface area contributed by atoms with E-state index in [-0.39, 0.29) is 31.0 Å². The van der Waals surface area contributed by atoms with Gasteiger partial charge in [-0.15, -0.1) is 0 Å². The molecule has 4 rings (SSSR count).